The molecule has 2 aromatic rings. The number of phosphoric acid groups is 3. The van der Waals surface area contributed by atoms with Gasteiger partial charge < -0.3 is 56.6 Å². The van der Waals surface area contributed by atoms with E-state index in [0.29, 0.717) is 0 Å². The van der Waals surface area contributed by atoms with Crippen molar-refractivity contribution in [3.8, 4) is 0 Å². The number of carbonyl (C=O) groups excluding carboxylic acids is 3. The zero-order valence-corrected chi connectivity index (χ0v) is 32.2. The molecule has 1 aliphatic heterocycles. The molecule has 7 atom stereocenters. The SMILES string of the molecule is C/C=C(\N)C(=O)SCCNC(=O)CCNC(=O)C(O)C(C)(C)COP(=O)(O)OP(=O)(O)OCC1OC(n2cnc3c(N)ncnc32)C(O)C1OP(=O)(O)O. The van der Waals surface area contributed by atoms with Crippen LogP contribution in [0.3, 0.4) is 0 Å². The molecule has 3 rings (SSSR count). The van der Waals surface area contributed by atoms with E-state index in [0.717, 1.165) is 29.0 Å². The molecular formula is C25H41N8O17P3S. The van der Waals surface area contributed by atoms with Crippen LogP contribution in [-0.4, -0.2) is 123 Å². The quantitative estimate of drug-likeness (QED) is 0.0413. The Labute approximate surface area is 310 Å². The van der Waals surface area contributed by atoms with Crippen LogP contribution in [0.15, 0.2) is 24.4 Å². The number of aromatic nitrogens is 4. The number of allylic oxidation sites excluding steroid dienone is 1. The number of fused-ring (bicyclic) bond motifs is 1. The van der Waals surface area contributed by atoms with Gasteiger partial charge in [-0.15, -0.1) is 0 Å². The smallest absolute Gasteiger partial charge is 0.395 e. The number of ether oxygens (including phenoxy) is 1. The summed E-state index contributed by atoms with van der Waals surface area (Å²) in [5, 5.41) is 25.9. The first kappa shape index (κ1) is 45.5. The van der Waals surface area contributed by atoms with E-state index in [-0.39, 0.29) is 53.1 Å². The average molecular weight is 851 g/mol. The van der Waals surface area contributed by atoms with Gasteiger partial charge >= 0.3 is 23.5 Å². The molecule has 25 nitrogen and oxygen atoms in total. The Morgan fingerprint density at radius 3 is 2.41 bits per heavy atom. The minimum atomic E-state index is -5.57. The predicted molar refractivity (Wildman–Crippen MR) is 185 cm³/mol. The Hall–Kier alpha value is -2.90. The highest BCUT2D eigenvalue weighted by Gasteiger charge is 2.50. The van der Waals surface area contributed by atoms with Gasteiger partial charge in [-0.1, -0.05) is 31.7 Å². The zero-order valence-electron chi connectivity index (χ0n) is 28.7. The van der Waals surface area contributed by atoms with E-state index in [4.69, 9.17) is 25.3 Å². The summed E-state index contributed by atoms with van der Waals surface area (Å²) in [6.45, 7) is 1.98. The van der Waals surface area contributed by atoms with E-state index in [1.54, 1.807) is 6.92 Å². The van der Waals surface area contributed by atoms with Gasteiger partial charge in [-0.25, -0.2) is 28.6 Å². The molecule has 0 spiro atoms. The molecular weight excluding hydrogens is 809 g/mol. The molecule has 12 N–H and O–H groups in total. The fourth-order valence-electron chi connectivity index (χ4n) is 4.48. The first-order valence-electron chi connectivity index (χ1n) is 15.4. The van der Waals surface area contributed by atoms with Gasteiger partial charge in [0.05, 0.1) is 25.2 Å². The minimum Gasteiger partial charge on any atom is -0.395 e. The van der Waals surface area contributed by atoms with Crippen LogP contribution >= 0.6 is 35.2 Å². The Morgan fingerprint density at radius 2 is 1.76 bits per heavy atom. The zero-order chi connectivity index (χ0) is 40.6. The lowest BCUT2D eigenvalue weighted by molar-refractivity contribution is -0.137. The van der Waals surface area contributed by atoms with Gasteiger partial charge in [-0.2, -0.15) is 4.31 Å². The lowest BCUT2D eigenvalue weighted by atomic mass is 9.87. The van der Waals surface area contributed by atoms with Crippen LogP contribution in [0, 0.1) is 5.41 Å². The number of carbonyl (C=O) groups is 3. The fraction of sp³-hybridized carbons (Fsp3) is 0.600. The number of nitrogen functional groups attached to an aromatic ring is 1. The van der Waals surface area contributed by atoms with Crippen LogP contribution in [-0.2, 0) is 50.7 Å². The number of anilines is 1. The molecule has 0 saturated carbocycles. The summed E-state index contributed by atoms with van der Waals surface area (Å²) in [5.74, 6) is -1.26. The average Bonchev–Trinajstić information content (AvgIpc) is 3.64. The largest absolute Gasteiger partial charge is 0.481 e. The summed E-state index contributed by atoms with van der Waals surface area (Å²) < 4.78 is 61.9. The van der Waals surface area contributed by atoms with Crippen LogP contribution in [0.25, 0.3) is 11.2 Å². The number of aliphatic hydroxyl groups excluding tert-OH is 2. The standard InChI is InChI=1S/C25H41N8O17P3S/c1-4-13(26)24(38)54-8-7-28-15(34)5-6-29-22(37)19(36)25(2,3)10-47-53(44,45)50-52(42,43)46-9-14-18(49-51(39,40)41)17(35)23(48-14)33-12-32-16-20(27)30-11-31-21(16)33/h4,11-12,14,17-19,23,35-36H,5-10,26H2,1-3H3,(H,28,34)(H,29,37)(H,42,43)(H,44,45)(H2,27,30,31)(H2,39,40,41)/b13-4-. The number of nitrogens with two attached hydrogens (primary N) is 2. The van der Waals surface area contributed by atoms with E-state index in [2.05, 4.69) is 34.4 Å². The van der Waals surface area contributed by atoms with Gasteiger partial charge in [-0.3, -0.25) is 32.5 Å². The van der Waals surface area contributed by atoms with Gasteiger partial charge in [0.1, 0.15) is 36.3 Å². The maximum absolute atomic E-state index is 12.6. The van der Waals surface area contributed by atoms with Crippen LogP contribution in [0.5, 0.6) is 0 Å². The number of nitrogens with zero attached hydrogens (tertiary/aromatic N) is 4. The number of amides is 2. The molecule has 2 amide bonds. The summed E-state index contributed by atoms with van der Waals surface area (Å²) in [7, 11) is -16.4. The number of nitrogens with one attached hydrogen (secondary N) is 2. The second-order valence-corrected chi connectivity index (χ2v) is 17.3. The molecule has 0 aromatic carbocycles. The summed E-state index contributed by atoms with van der Waals surface area (Å²) in [6, 6.07) is 0. The second kappa shape index (κ2) is 18.8. The Bertz CT molecular complexity index is 1840. The summed E-state index contributed by atoms with van der Waals surface area (Å²) in [4.78, 5) is 87.0. The normalized spacial score (nSPS) is 22.4. The molecule has 54 heavy (non-hydrogen) atoms. The van der Waals surface area contributed by atoms with Gasteiger partial charge in [0, 0.05) is 30.7 Å². The van der Waals surface area contributed by atoms with E-state index >= 15 is 0 Å². The minimum absolute atomic E-state index is 0.0271. The molecule has 0 radical (unpaired) electrons. The number of thioether (sulfide) groups is 1. The third-order valence-corrected chi connectivity index (χ3v) is 11.3. The molecule has 304 valence electrons. The molecule has 2 aromatic heterocycles. The van der Waals surface area contributed by atoms with Crippen molar-refractivity contribution in [2.45, 2.75) is 57.8 Å². The van der Waals surface area contributed by atoms with E-state index in [1.165, 1.54) is 19.9 Å². The molecule has 1 saturated heterocycles. The van der Waals surface area contributed by atoms with Crippen LogP contribution in [0.2, 0.25) is 0 Å². The summed E-state index contributed by atoms with van der Waals surface area (Å²) in [5.41, 5.74) is 9.81. The fourth-order valence-corrected chi connectivity index (χ4v) is 7.98. The van der Waals surface area contributed by atoms with Gasteiger partial charge in [0.15, 0.2) is 17.7 Å². The maximum Gasteiger partial charge on any atom is 0.481 e. The molecule has 7 unspecified atom stereocenters. The van der Waals surface area contributed by atoms with Gasteiger partial charge in [0.2, 0.25) is 16.9 Å². The van der Waals surface area contributed by atoms with Crippen molar-refractivity contribution in [2.24, 2.45) is 11.1 Å². The number of phosphoric ester groups is 3. The van der Waals surface area contributed by atoms with E-state index in [1.807, 2.05) is 0 Å². The van der Waals surface area contributed by atoms with Crippen molar-refractivity contribution in [3.05, 3.63) is 24.4 Å². The Morgan fingerprint density at radius 1 is 1.09 bits per heavy atom. The molecule has 1 fully saturated rings. The number of hydrogen-bond donors (Lipinski definition) is 10. The lowest BCUT2D eigenvalue weighted by Gasteiger charge is -2.30. The van der Waals surface area contributed by atoms with Crippen molar-refractivity contribution in [3.63, 3.8) is 0 Å². The topological polar surface area (TPSA) is 390 Å². The Balaban J connectivity index is 1.51. The van der Waals surface area contributed by atoms with Crippen molar-refractivity contribution >= 4 is 69.1 Å². The van der Waals surface area contributed by atoms with Crippen LogP contribution in [0.4, 0.5) is 5.82 Å². The first-order valence-corrected chi connectivity index (χ1v) is 21.0. The Kier molecular flexibility index (Phi) is 15.9. The molecule has 3 heterocycles. The number of aliphatic hydroxyl groups is 2. The number of imidazole rings is 1. The van der Waals surface area contributed by atoms with E-state index < -0.39 is 84.6 Å². The van der Waals surface area contributed by atoms with Gasteiger partial charge in [0.25, 0.3) is 0 Å². The van der Waals surface area contributed by atoms with E-state index in [9.17, 15) is 57.9 Å². The molecule has 1 aliphatic rings. The van der Waals surface area contributed by atoms with Crippen molar-refractivity contribution in [1.82, 2.24) is 30.2 Å². The monoisotopic (exact) mass is 850 g/mol. The van der Waals surface area contributed by atoms with Crippen LogP contribution in [0.1, 0.15) is 33.4 Å². The molecule has 0 bridgehead atoms. The third-order valence-electron chi connectivity index (χ3n) is 7.28. The number of hydrogen-bond acceptors (Lipinski definition) is 19. The summed E-state index contributed by atoms with van der Waals surface area (Å²) >= 11 is 0.910. The van der Waals surface area contributed by atoms with Crippen molar-refractivity contribution in [2.75, 3.05) is 37.8 Å². The highest BCUT2D eigenvalue weighted by molar-refractivity contribution is 8.14. The van der Waals surface area contributed by atoms with Crippen molar-refractivity contribution < 1.29 is 80.5 Å². The second-order valence-electron chi connectivity index (χ2n) is 11.9. The van der Waals surface area contributed by atoms with Crippen LogP contribution < -0.4 is 22.1 Å². The molecule has 0 aliphatic carbocycles. The number of rotatable bonds is 20. The lowest BCUT2D eigenvalue weighted by Crippen LogP contribution is -2.46. The van der Waals surface area contributed by atoms with Gasteiger partial charge in [-0.05, 0) is 6.92 Å². The van der Waals surface area contributed by atoms with Crippen molar-refractivity contribution in [1.29, 1.82) is 0 Å². The third kappa shape index (κ3) is 13.1. The maximum atomic E-state index is 12.6. The highest BCUT2D eigenvalue weighted by Crippen LogP contribution is 2.61. The highest BCUT2D eigenvalue weighted by atomic mass is 32.2. The predicted octanol–water partition coefficient (Wildman–Crippen LogP) is -1.47. The first-order chi connectivity index (χ1) is 25.0. The summed E-state index contributed by atoms with van der Waals surface area (Å²) in [6.07, 6.45) is -5.52. The molecule has 29 heteroatoms.